The number of nitrogens with zero attached hydrogens (tertiary/aromatic N) is 1. The zero-order valence-corrected chi connectivity index (χ0v) is 10.2. The van der Waals surface area contributed by atoms with E-state index in [1.54, 1.807) is 6.07 Å². The molecule has 0 aliphatic rings. The highest BCUT2D eigenvalue weighted by Gasteiger charge is 2.30. The zero-order chi connectivity index (χ0) is 12.9. The lowest BCUT2D eigenvalue weighted by Gasteiger charge is -2.17. The summed E-state index contributed by atoms with van der Waals surface area (Å²) in [4.78, 5) is 2.04. The lowest BCUT2D eigenvalue weighted by atomic mass is 10.1. The number of hydrogen-bond acceptors (Lipinski definition) is 1. The maximum atomic E-state index is 12.5. The first-order chi connectivity index (χ1) is 7.93. The Balaban J connectivity index is 2.66. The number of alkyl halides is 3. The molecule has 0 heterocycles. The highest BCUT2D eigenvalue weighted by molar-refractivity contribution is 5.25. The van der Waals surface area contributed by atoms with E-state index in [0.29, 0.717) is 12.1 Å². The molecular weight excluding hydrogens is 227 g/mol. The van der Waals surface area contributed by atoms with Crippen LogP contribution in [0.5, 0.6) is 0 Å². The molecule has 0 unspecified atom stereocenters. The molecule has 0 amide bonds. The van der Waals surface area contributed by atoms with Crippen LogP contribution in [0.1, 0.15) is 30.9 Å². The van der Waals surface area contributed by atoms with Gasteiger partial charge >= 0.3 is 6.18 Å². The van der Waals surface area contributed by atoms with Crippen LogP contribution in [0, 0.1) is 0 Å². The minimum atomic E-state index is -4.25. The van der Waals surface area contributed by atoms with Gasteiger partial charge in [0.25, 0.3) is 0 Å². The molecule has 0 radical (unpaired) electrons. The van der Waals surface area contributed by atoms with Crippen molar-refractivity contribution in [3.05, 3.63) is 35.4 Å². The minimum Gasteiger partial charge on any atom is -0.302 e. The number of benzene rings is 1. The smallest absolute Gasteiger partial charge is 0.302 e. The standard InChI is InChI=1S/C13H18F3N/c1-3-4-8-17(2)10-11-6-5-7-12(9-11)13(14,15)16/h5-7,9H,3-4,8,10H2,1-2H3. The van der Waals surface area contributed by atoms with Crippen molar-refractivity contribution in [2.24, 2.45) is 0 Å². The van der Waals surface area contributed by atoms with E-state index in [1.807, 2.05) is 11.9 Å². The zero-order valence-electron chi connectivity index (χ0n) is 10.2. The molecule has 4 heteroatoms. The van der Waals surface area contributed by atoms with Gasteiger partial charge in [-0.05, 0) is 31.6 Å². The Morgan fingerprint density at radius 3 is 2.53 bits per heavy atom. The molecular formula is C13H18F3N. The van der Waals surface area contributed by atoms with Crippen molar-refractivity contribution in [2.75, 3.05) is 13.6 Å². The quantitative estimate of drug-likeness (QED) is 0.759. The van der Waals surface area contributed by atoms with Gasteiger partial charge in [0.2, 0.25) is 0 Å². The average molecular weight is 245 g/mol. The van der Waals surface area contributed by atoms with E-state index < -0.39 is 11.7 Å². The van der Waals surface area contributed by atoms with E-state index in [4.69, 9.17) is 0 Å². The van der Waals surface area contributed by atoms with Gasteiger partial charge in [-0.15, -0.1) is 0 Å². The van der Waals surface area contributed by atoms with Crippen LogP contribution in [0.15, 0.2) is 24.3 Å². The second kappa shape index (κ2) is 6.05. The predicted molar refractivity (Wildman–Crippen MR) is 62.7 cm³/mol. The topological polar surface area (TPSA) is 3.24 Å². The first-order valence-electron chi connectivity index (χ1n) is 5.78. The molecule has 0 saturated carbocycles. The summed E-state index contributed by atoms with van der Waals surface area (Å²) < 4.78 is 37.5. The molecule has 1 aromatic rings. The fourth-order valence-electron chi connectivity index (χ4n) is 1.66. The molecule has 0 atom stereocenters. The molecule has 0 spiro atoms. The van der Waals surface area contributed by atoms with Crippen molar-refractivity contribution < 1.29 is 13.2 Å². The first-order valence-corrected chi connectivity index (χ1v) is 5.78. The summed E-state index contributed by atoms with van der Waals surface area (Å²) in [5, 5.41) is 0. The maximum absolute atomic E-state index is 12.5. The van der Waals surface area contributed by atoms with Crippen LogP contribution in [-0.4, -0.2) is 18.5 Å². The Morgan fingerprint density at radius 2 is 1.94 bits per heavy atom. The minimum absolute atomic E-state index is 0.559. The third-order valence-electron chi connectivity index (χ3n) is 2.60. The molecule has 0 aliphatic carbocycles. The second-order valence-electron chi connectivity index (χ2n) is 4.29. The largest absolute Gasteiger partial charge is 0.416 e. The van der Waals surface area contributed by atoms with Gasteiger partial charge in [0.05, 0.1) is 5.56 Å². The Morgan fingerprint density at radius 1 is 1.24 bits per heavy atom. The van der Waals surface area contributed by atoms with Gasteiger partial charge in [-0.25, -0.2) is 0 Å². The van der Waals surface area contributed by atoms with Gasteiger partial charge in [-0.2, -0.15) is 13.2 Å². The molecule has 0 bridgehead atoms. The Labute approximate surface area is 100 Å². The van der Waals surface area contributed by atoms with Crippen LogP contribution in [0.2, 0.25) is 0 Å². The normalized spacial score (nSPS) is 12.1. The predicted octanol–water partition coefficient (Wildman–Crippen LogP) is 3.94. The fourth-order valence-corrected chi connectivity index (χ4v) is 1.66. The molecule has 0 fully saturated rings. The van der Waals surface area contributed by atoms with E-state index in [0.717, 1.165) is 25.5 Å². The number of halogens is 3. The SMILES string of the molecule is CCCCN(C)Cc1cccc(C(F)(F)F)c1. The molecule has 1 nitrogen and oxygen atoms in total. The monoisotopic (exact) mass is 245 g/mol. The molecule has 1 rings (SSSR count). The lowest BCUT2D eigenvalue weighted by molar-refractivity contribution is -0.137. The van der Waals surface area contributed by atoms with Gasteiger partial charge in [-0.1, -0.05) is 31.5 Å². The van der Waals surface area contributed by atoms with E-state index in [1.165, 1.54) is 12.1 Å². The van der Waals surface area contributed by atoms with Gasteiger partial charge < -0.3 is 4.90 Å². The number of hydrogen-bond donors (Lipinski definition) is 0. The van der Waals surface area contributed by atoms with Crippen LogP contribution < -0.4 is 0 Å². The van der Waals surface area contributed by atoms with E-state index in [9.17, 15) is 13.2 Å². The van der Waals surface area contributed by atoms with Crippen molar-refractivity contribution in [1.29, 1.82) is 0 Å². The molecule has 0 aliphatic heterocycles. The van der Waals surface area contributed by atoms with Gasteiger partial charge in [0, 0.05) is 6.54 Å². The highest BCUT2D eigenvalue weighted by atomic mass is 19.4. The molecule has 0 saturated heterocycles. The van der Waals surface area contributed by atoms with Gasteiger partial charge in [0.1, 0.15) is 0 Å². The third-order valence-corrected chi connectivity index (χ3v) is 2.60. The van der Waals surface area contributed by atoms with E-state index >= 15 is 0 Å². The summed E-state index contributed by atoms with van der Waals surface area (Å²) >= 11 is 0. The fraction of sp³-hybridized carbons (Fsp3) is 0.538. The Kier molecular flexibility index (Phi) is 5.00. The van der Waals surface area contributed by atoms with Crippen LogP contribution in [0.3, 0.4) is 0 Å². The van der Waals surface area contributed by atoms with Crippen LogP contribution in [0.25, 0.3) is 0 Å². The van der Waals surface area contributed by atoms with Gasteiger partial charge in [-0.3, -0.25) is 0 Å². The van der Waals surface area contributed by atoms with Crippen molar-refractivity contribution in [2.45, 2.75) is 32.5 Å². The molecule has 96 valence electrons. The summed E-state index contributed by atoms with van der Waals surface area (Å²) in [6.45, 7) is 3.56. The second-order valence-corrected chi connectivity index (χ2v) is 4.29. The highest BCUT2D eigenvalue weighted by Crippen LogP contribution is 2.29. The molecule has 0 aromatic heterocycles. The lowest BCUT2D eigenvalue weighted by Crippen LogP contribution is -2.19. The van der Waals surface area contributed by atoms with E-state index in [-0.39, 0.29) is 0 Å². The summed E-state index contributed by atoms with van der Waals surface area (Å²) in [5.41, 5.74) is 0.136. The third kappa shape index (κ3) is 4.77. The molecule has 1 aromatic carbocycles. The van der Waals surface area contributed by atoms with Crippen LogP contribution in [0.4, 0.5) is 13.2 Å². The van der Waals surface area contributed by atoms with Crippen LogP contribution in [-0.2, 0) is 12.7 Å². The Bertz CT molecular complexity index is 347. The molecule has 0 N–H and O–H groups in total. The van der Waals surface area contributed by atoms with Crippen molar-refractivity contribution in [3.8, 4) is 0 Å². The Hall–Kier alpha value is -1.03. The summed E-state index contributed by atoms with van der Waals surface area (Å²) in [6, 6.07) is 5.53. The summed E-state index contributed by atoms with van der Waals surface area (Å²) in [7, 11) is 1.93. The first kappa shape index (κ1) is 14.0. The number of unbranched alkanes of at least 4 members (excludes halogenated alkanes) is 1. The van der Waals surface area contributed by atoms with Gasteiger partial charge in [0.15, 0.2) is 0 Å². The maximum Gasteiger partial charge on any atom is 0.416 e. The molecule has 17 heavy (non-hydrogen) atoms. The van der Waals surface area contributed by atoms with Crippen molar-refractivity contribution in [1.82, 2.24) is 4.90 Å². The van der Waals surface area contributed by atoms with Crippen LogP contribution >= 0.6 is 0 Å². The average Bonchev–Trinajstić information content (AvgIpc) is 2.25. The number of rotatable bonds is 5. The van der Waals surface area contributed by atoms with Crippen molar-refractivity contribution >= 4 is 0 Å². The summed E-state index contributed by atoms with van der Waals surface area (Å²) in [6.07, 6.45) is -2.10. The summed E-state index contributed by atoms with van der Waals surface area (Å²) in [5.74, 6) is 0. The van der Waals surface area contributed by atoms with Crippen molar-refractivity contribution in [3.63, 3.8) is 0 Å². The van der Waals surface area contributed by atoms with E-state index in [2.05, 4.69) is 6.92 Å².